The first kappa shape index (κ1) is 18.8. The Morgan fingerprint density at radius 1 is 1.19 bits per heavy atom. The van der Waals surface area contributed by atoms with Crippen LogP contribution in [0.15, 0.2) is 42.5 Å². The molecule has 0 fully saturated rings. The molecule has 0 aromatic heterocycles. The smallest absolute Gasteiger partial charge is 0.247 e. The summed E-state index contributed by atoms with van der Waals surface area (Å²) in [5.74, 6) is 1.12. The zero-order valence-electron chi connectivity index (χ0n) is 15.1. The molecule has 3 rings (SSSR count). The SMILES string of the molecule is COc1cccc(N([C@H](C)C(=O)Nc2ccc3c(c2)OCO3)S(C)(=O)=O)c1. The summed E-state index contributed by atoms with van der Waals surface area (Å²) in [5, 5.41) is 2.71. The summed E-state index contributed by atoms with van der Waals surface area (Å²) in [5.41, 5.74) is 0.820. The van der Waals surface area contributed by atoms with E-state index in [0.717, 1.165) is 10.6 Å². The maximum absolute atomic E-state index is 12.7. The first-order valence-corrected chi connectivity index (χ1v) is 9.98. The van der Waals surface area contributed by atoms with Crippen LogP contribution in [0.1, 0.15) is 6.92 Å². The Morgan fingerprint density at radius 3 is 2.63 bits per heavy atom. The highest BCUT2D eigenvalue weighted by Crippen LogP contribution is 2.34. The van der Waals surface area contributed by atoms with Crippen molar-refractivity contribution in [3.8, 4) is 17.2 Å². The molecule has 1 heterocycles. The van der Waals surface area contributed by atoms with Crippen LogP contribution in [0.4, 0.5) is 11.4 Å². The summed E-state index contributed by atoms with van der Waals surface area (Å²) >= 11 is 0. The largest absolute Gasteiger partial charge is 0.497 e. The zero-order chi connectivity index (χ0) is 19.6. The van der Waals surface area contributed by atoms with Gasteiger partial charge in [0.2, 0.25) is 22.7 Å². The Balaban J connectivity index is 1.85. The van der Waals surface area contributed by atoms with Gasteiger partial charge in [0.15, 0.2) is 11.5 Å². The molecular weight excluding hydrogens is 372 g/mol. The molecule has 0 saturated carbocycles. The highest BCUT2D eigenvalue weighted by molar-refractivity contribution is 7.92. The summed E-state index contributed by atoms with van der Waals surface area (Å²) in [4.78, 5) is 12.7. The van der Waals surface area contributed by atoms with E-state index in [9.17, 15) is 13.2 Å². The standard InChI is InChI=1S/C18H20N2O6S/c1-12(18(21)19-13-7-8-16-17(9-13)26-11-25-16)20(27(3,22)23)14-5-4-6-15(10-14)24-2/h4-10,12H,11H2,1-3H3,(H,19,21)/t12-/m1/s1. The third-order valence-corrected chi connectivity index (χ3v) is 5.28. The highest BCUT2D eigenvalue weighted by Gasteiger charge is 2.29. The van der Waals surface area contributed by atoms with Crippen molar-refractivity contribution >= 4 is 27.3 Å². The number of hydrogen-bond donors (Lipinski definition) is 1. The molecule has 27 heavy (non-hydrogen) atoms. The number of ether oxygens (including phenoxy) is 3. The van der Waals surface area contributed by atoms with Crippen molar-refractivity contribution in [2.75, 3.05) is 29.8 Å². The second-order valence-corrected chi connectivity index (χ2v) is 7.85. The number of sulfonamides is 1. The van der Waals surface area contributed by atoms with Gasteiger partial charge < -0.3 is 19.5 Å². The van der Waals surface area contributed by atoms with Gasteiger partial charge in [-0.25, -0.2) is 8.42 Å². The Kier molecular flexibility index (Phi) is 5.13. The molecule has 0 aliphatic carbocycles. The van der Waals surface area contributed by atoms with Crippen molar-refractivity contribution in [1.82, 2.24) is 0 Å². The number of benzene rings is 2. The molecule has 2 aromatic rings. The monoisotopic (exact) mass is 392 g/mol. The lowest BCUT2D eigenvalue weighted by Crippen LogP contribution is -2.45. The Hall–Kier alpha value is -2.94. The van der Waals surface area contributed by atoms with Gasteiger partial charge in [0, 0.05) is 17.8 Å². The minimum absolute atomic E-state index is 0.126. The Bertz CT molecular complexity index is 960. The molecule has 1 aliphatic heterocycles. The molecule has 1 atom stereocenters. The molecular formula is C18H20N2O6S. The van der Waals surface area contributed by atoms with Gasteiger partial charge in [-0.1, -0.05) is 6.07 Å². The lowest BCUT2D eigenvalue weighted by molar-refractivity contribution is -0.116. The second kappa shape index (κ2) is 7.36. The number of amides is 1. The summed E-state index contributed by atoms with van der Waals surface area (Å²) in [6.07, 6.45) is 1.05. The van der Waals surface area contributed by atoms with Crippen LogP contribution in [-0.4, -0.2) is 40.5 Å². The minimum Gasteiger partial charge on any atom is -0.497 e. The van der Waals surface area contributed by atoms with Gasteiger partial charge >= 0.3 is 0 Å². The van der Waals surface area contributed by atoms with Gasteiger partial charge in [0.25, 0.3) is 0 Å². The van der Waals surface area contributed by atoms with Crippen LogP contribution in [-0.2, 0) is 14.8 Å². The maximum Gasteiger partial charge on any atom is 0.247 e. The van der Waals surface area contributed by atoms with Gasteiger partial charge in [-0.3, -0.25) is 9.10 Å². The van der Waals surface area contributed by atoms with Gasteiger partial charge in [0.1, 0.15) is 11.8 Å². The fourth-order valence-electron chi connectivity index (χ4n) is 2.78. The quantitative estimate of drug-likeness (QED) is 0.810. The first-order valence-electron chi connectivity index (χ1n) is 8.13. The molecule has 0 saturated heterocycles. The third kappa shape index (κ3) is 4.08. The molecule has 9 heteroatoms. The topological polar surface area (TPSA) is 94.2 Å². The summed E-state index contributed by atoms with van der Waals surface area (Å²) in [7, 11) is -2.23. The Labute approximate surface area is 157 Å². The molecule has 2 aromatic carbocycles. The van der Waals surface area contributed by atoms with E-state index in [1.807, 2.05) is 0 Å². The predicted octanol–water partition coefficient (Wildman–Crippen LogP) is 2.22. The van der Waals surface area contributed by atoms with Gasteiger partial charge in [-0.15, -0.1) is 0 Å². The number of nitrogens with one attached hydrogen (secondary N) is 1. The number of methoxy groups -OCH3 is 1. The molecule has 0 unspecified atom stereocenters. The van der Waals surface area contributed by atoms with E-state index in [2.05, 4.69) is 5.32 Å². The number of carbonyl (C=O) groups is 1. The Morgan fingerprint density at radius 2 is 1.93 bits per heavy atom. The van der Waals surface area contributed by atoms with Gasteiger partial charge in [0.05, 0.1) is 19.1 Å². The van der Waals surface area contributed by atoms with Crippen molar-refractivity contribution in [2.45, 2.75) is 13.0 Å². The van der Waals surface area contributed by atoms with E-state index >= 15 is 0 Å². The van der Waals surface area contributed by atoms with Crippen LogP contribution >= 0.6 is 0 Å². The molecule has 1 amide bonds. The van der Waals surface area contributed by atoms with Crippen molar-refractivity contribution in [1.29, 1.82) is 0 Å². The van der Waals surface area contributed by atoms with E-state index in [4.69, 9.17) is 14.2 Å². The average Bonchev–Trinajstić information content (AvgIpc) is 3.08. The third-order valence-electron chi connectivity index (χ3n) is 4.04. The van der Waals surface area contributed by atoms with Crippen LogP contribution in [0.5, 0.6) is 17.2 Å². The normalized spacial score (nSPS) is 13.7. The lowest BCUT2D eigenvalue weighted by atomic mass is 10.2. The average molecular weight is 392 g/mol. The summed E-state index contributed by atoms with van der Waals surface area (Å²) < 4.78 is 41.4. The van der Waals surface area contributed by atoms with Crippen LogP contribution in [0.2, 0.25) is 0 Å². The van der Waals surface area contributed by atoms with Crippen LogP contribution in [0.25, 0.3) is 0 Å². The molecule has 0 spiro atoms. The van der Waals surface area contributed by atoms with Crippen LogP contribution < -0.4 is 23.8 Å². The van der Waals surface area contributed by atoms with Crippen molar-refractivity contribution in [2.24, 2.45) is 0 Å². The van der Waals surface area contributed by atoms with E-state index in [0.29, 0.717) is 28.6 Å². The molecule has 1 N–H and O–H groups in total. The number of nitrogens with zero attached hydrogens (tertiary/aromatic N) is 1. The van der Waals surface area contributed by atoms with Gasteiger partial charge in [-0.05, 0) is 31.2 Å². The van der Waals surface area contributed by atoms with Crippen molar-refractivity contribution in [3.05, 3.63) is 42.5 Å². The minimum atomic E-state index is -3.72. The molecule has 144 valence electrons. The fraction of sp³-hybridized carbons (Fsp3) is 0.278. The van der Waals surface area contributed by atoms with E-state index in [1.54, 1.807) is 42.5 Å². The van der Waals surface area contributed by atoms with E-state index < -0.39 is 22.0 Å². The van der Waals surface area contributed by atoms with E-state index in [-0.39, 0.29) is 6.79 Å². The molecule has 0 bridgehead atoms. The number of anilines is 2. The first-order chi connectivity index (χ1) is 12.8. The fourth-order valence-corrected chi connectivity index (χ4v) is 3.94. The molecule has 1 aliphatic rings. The van der Waals surface area contributed by atoms with Crippen LogP contribution in [0, 0.1) is 0 Å². The van der Waals surface area contributed by atoms with Crippen molar-refractivity contribution < 1.29 is 27.4 Å². The number of carbonyl (C=O) groups excluding carboxylic acids is 1. The predicted molar refractivity (Wildman–Crippen MR) is 101 cm³/mol. The van der Waals surface area contributed by atoms with E-state index in [1.165, 1.54) is 14.0 Å². The number of fused-ring (bicyclic) bond motifs is 1. The number of rotatable bonds is 6. The summed E-state index contributed by atoms with van der Waals surface area (Å²) in [6, 6.07) is 10.5. The lowest BCUT2D eigenvalue weighted by Gasteiger charge is -2.28. The van der Waals surface area contributed by atoms with Crippen molar-refractivity contribution in [3.63, 3.8) is 0 Å². The molecule has 8 nitrogen and oxygen atoms in total. The highest BCUT2D eigenvalue weighted by atomic mass is 32.2. The molecule has 0 radical (unpaired) electrons. The van der Waals surface area contributed by atoms with Crippen LogP contribution in [0.3, 0.4) is 0 Å². The number of hydrogen-bond acceptors (Lipinski definition) is 6. The second-order valence-electron chi connectivity index (χ2n) is 5.99. The zero-order valence-corrected chi connectivity index (χ0v) is 15.9. The maximum atomic E-state index is 12.7. The van der Waals surface area contributed by atoms with Gasteiger partial charge in [-0.2, -0.15) is 0 Å². The summed E-state index contributed by atoms with van der Waals surface area (Å²) in [6.45, 7) is 1.64.